The fourth-order valence-electron chi connectivity index (χ4n) is 2.04. The van der Waals surface area contributed by atoms with Gasteiger partial charge in [0.15, 0.2) is 9.84 Å². The topological polar surface area (TPSA) is 101 Å². The quantitative estimate of drug-likeness (QED) is 0.738. The van der Waals surface area contributed by atoms with Gasteiger partial charge in [0.2, 0.25) is 5.91 Å². The van der Waals surface area contributed by atoms with Crippen LogP contribution in [0.2, 0.25) is 0 Å². The first-order chi connectivity index (χ1) is 8.21. The van der Waals surface area contributed by atoms with Crippen LogP contribution in [0.5, 0.6) is 0 Å². The van der Waals surface area contributed by atoms with Gasteiger partial charge in [-0.2, -0.15) is 0 Å². The number of hydrogen-bond acceptors (Lipinski definition) is 4. The Morgan fingerprint density at radius 3 is 2.39 bits per heavy atom. The largest absolute Gasteiger partial charge is 0.480 e. The number of amides is 1. The summed E-state index contributed by atoms with van der Waals surface area (Å²) in [5, 5.41) is 11.4. The standard InChI is InChI=1S/C11H19NO5S/c1-7(2)10(11(14)15)12-9(13)5-8-3-4-18(16,17)6-8/h7-8,10H,3-6H2,1-2H3,(H,12,13)(H,14,15)/t8?,10-/m0/s1. The van der Waals surface area contributed by atoms with Crippen LogP contribution in [0.25, 0.3) is 0 Å². The first-order valence-corrected chi connectivity index (χ1v) is 7.76. The Morgan fingerprint density at radius 2 is 2.00 bits per heavy atom. The Kier molecular flexibility index (Phi) is 4.72. The predicted molar refractivity (Wildman–Crippen MR) is 65.8 cm³/mol. The van der Waals surface area contributed by atoms with E-state index in [1.807, 2.05) is 0 Å². The fourth-order valence-corrected chi connectivity index (χ4v) is 3.90. The molecule has 1 amide bonds. The van der Waals surface area contributed by atoms with Crippen LogP contribution in [-0.2, 0) is 19.4 Å². The number of aliphatic carboxylic acids is 1. The lowest BCUT2D eigenvalue weighted by Gasteiger charge is -2.18. The lowest BCUT2D eigenvalue weighted by atomic mass is 10.0. The van der Waals surface area contributed by atoms with E-state index < -0.39 is 27.8 Å². The second kappa shape index (κ2) is 5.69. The highest BCUT2D eigenvalue weighted by Crippen LogP contribution is 2.21. The van der Waals surface area contributed by atoms with Crippen LogP contribution in [-0.4, -0.2) is 42.9 Å². The maximum atomic E-state index is 11.7. The number of carboxylic acid groups (broad SMARTS) is 1. The molecule has 0 saturated carbocycles. The molecule has 0 spiro atoms. The van der Waals surface area contributed by atoms with E-state index in [1.54, 1.807) is 13.8 Å². The van der Waals surface area contributed by atoms with Gasteiger partial charge >= 0.3 is 5.97 Å². The summed E-state index contributed by atoms with van der Waals surface area (Å²) in [6.45, 7) is 3.41. The van der Waals surface area contributed by atoms with E-state index in [9.17, 15) is 18.0 Å². The Labute approximate surface area is 107 Å². The molecule has 7 heteroatoms. The summed E-state index contributed by atoms with van der Waals surface area (Å²) in [7, 11) is -3.00. The van der Waals surface area contributed by atoms with Gasteiger partial charge in [0.1, 0.15) is 6.04 Å². The highest BCUT2D eigenvalue weighted by Gasteiger charge is 2.31. The van der Waals surface area contributed by atoms with E-state index in [0.29, 0.717) is 6.42 Å². The summed E-state index contributed by atoms with van der Waals surface area (Å²) in [5.74, 6) is -1.71. The van der Waals surface area contributed by atoms with Crippen molar-refractivity contribution in [1.82, 2.24) is 5.32 Å². The maximum absolute atomic E-state index is 11.7. The minimum Gasteiger partial charge on any atom is -0.480 e. The monoisotopic (exact) mass is 277 g/mol. The minimum atomic E-state index is -3.00. The van der Waals surface area contributed by atoms with E-state index in [2.05, 4.69) is 5.32 Å². The SMILES string of the molecule is CC(C)[C@H](NC(=O)CC1CCS(=O)(=O)C1)C(=O)O. The molecule has 1 heterocycles. The average Bonchev–Trinajstić information content (AvgIpc) is 2.53. The summed E-state index contributed by atoms with van der Waals surface area (Å²) < 4.78 is 22.5. The van der Waals surface area contributed by atoms with Crippen molar-refractivity contribution in [2.45, 2.75) is 32.7 Å². The molecule has 1 aliphatic rings. The number of carbonyl (C=O) groups excluding carboxylic acids is 1. The molecule has 1 fully saturated rings. The molecule has 18 heavy (non-hydrogen) atoms. The van der Waals surface area contributed by atoms with E-state index in [1.165, 1.54) is 0 Å². The Balaban J connectivity index is 2.49. The van der Waals surface area contributed by atoms with Crippen molar-refractivity contribution in [3.8, 4) is 0 Å². The summed E-state index contributed by atoms with van der Waals surface area (Å²) in [6.07, 6.45) is 0.560. The number of carbonyl (C=O) groups is 2. The molecular weight excluding hydrogens is 258 g/mol. The molecule has 6 nitrogen and oxygen atoms in total. The molecule has 0 aromatic rings. The zero-order valence-corrected chi connectivity index (χ0v) is 11.4. The van der Waals surface area contributed by atoms with Crippen LogP contribution in [0.4, 0.5) is 0 Å². The maximum Gasteiger partial charge on any atom is 0.326 e. The number of sulfone groups is 1. The lowest BCUT2D eigenvalue weighted by Crippen LogP contribution is -2.44. The molecule has 1 rings (SSSR count). The van der Waals surface area contributed by atoms with Gasteiger partial charge in [-0.15, -0.1) is 0 Å². The van der Waals surface area contributed by atoms with Crippen LogP contribution < -0.4 is 5.32 Å². The molecule has 0 aromatic heterocycles. The van der Waals surface area contributed by atoms with Gasteiger partial charge in [0.05, 0.1) is 11.5 Å². The van der Waals surface area contributed by atoms with Crippen molar-refractivity contribution in [2.75, 3.05) is 11.5 Å². The van der Waals surface area contributed by atoms with E-state index in [0.717, 1.165) is 0 Å². The second-order valence-corrected chi connectivity index (χ2v) is 7.33. The van der Waals surface area contributed by atoms with E-state index >= 15 is 0 Å². The Bertz CT molecular complexity index is 429. The van der Waals surface area contributed by atoms with E-state index in [4.69, 9.17) is 5.11 Å². The molecule has 2 N–H and O–H groups in total. The molecule has 104 valence electrons. The van der Waals surface area contributed by atoms with Crippen molar-refractivity contribution >= 4 is 21.7 Å². The smallest absolute Gasteiger partial charge is 0.326 e. The number of hydrogen-bond donors (Lipinski definition) is 2. The third-order valence-corrected chi connectivity index (χ3v) is 4.89. The summed E-state index contributed by atoms with van der Waals surface area (Å²) >= 11 is 0. The third-order valence-electron chi connectivity index (χ3n) is 3.05. The third kappa shape index (κ3) is 4.29. The van der Waals surface area contributed by atoms with Crippen molar-refractivity contribution in [3.63, 3.8) is 0 Å². The van der Waals surface area contributed by atoms with Crippen molar-refractivity contribution < 1.29 is 23.1 Å². The Morgan fingerprint density at radius 1 is 1.39 bits per heavy atom. The molecule has 0 bridgehead atoms. The first-order valence-electron chi connectivity index (χ1n) is 5.94. The average molecular weight is 277 g/mol. The lowest BCUT2D eigenvalue weighted by molar-refractivity contribution is -0.143. The highest BCUT2D eigenvalue weighted by atomic mass is 32.2. The van der Waals surface area contributed by atoms with Crippen molar-refractivity contribution in [3.05, 3.63) is 0 Å². The summed E-state index contributed by atoms with van der Waals surface area (Å²) in [5.41, 5.74) is 0. The molecule has 0 aliphatic carbocycles. The first kappa shape index (κ1) is 14.9. The van der Waals surface area contributed by atoms with Gasteiger partial charge < -0.3 is 10.4 Å². The molecule has 0 aromatic carbocycles. The number of nitrogens with one attached hydrogen (secondary N) is 1. The van der Waals surface area contributed by atoms with Crippen LogP contribution in [0.1, 0.15) is 26.7 Å². The molecule has 1 unspecified atom stereocenters. The highest BCUT2D eigenvalue weighted by molar-refractivity contribution is 7.91. The van der Waals surface area contributed by atoms with Crippen LogP contribution >= 0.6 is 0 Å². The van der Waals surface area contributed by atoms with Gasteiger partial charge in [0.25, 0.3) is 0 Å². The second-order valence-electron chi connectivity index (χ2n) is 5.10. The Hall–Kier alpha value is -1.11. The van der Waals surface area contributed by atoms with Gasteiger partial charge in [-0.25, -0.2) is 13.2 Å². The zero-order valence-electron chi connectivity index (χ0n) is 10.5. The van der Waals surface area contributed by atoms with Crippen LogP contribution in [0.3, 0.4) is 0 Å². The van der Waals surface area contributed by atoms with Crippen LogP contribution in [0.15, 0.2) is 0 Å². The molecule has 2 atom stereocenters. The van der Waals surface area contributed by atoms with Crippen molar-refractivity contribution in [2.24, 2.45) is 11.8 Å². The predicted octanol–water partition coefficient (Wildman–Crippen LogP) is 0.0366. The van der Waals surface area contributed by atoms with Crippen LogP contribution in [0, 0.1) is 11.8 Å². The van der Waals surface area contributed by atoms with E-state index in [-0.39, 0.29) is 29.8 Å². The molecule has 0 radical (unpaired) electrons. The van der Waals surface area contributed by atoms with Crippen molar-refractivity contribution in [1.29, 1.82) is 0 Å². The fraction of sp³-hybridized carbons (Fsp3) is 0.818. The molecule has 1 aliphatic heterocycles. The zero-order chi connectivity index (χ0) is 13.9. The van der Waals surface area contributed by atoms with Gasteiger partial charge in [-0.05, 0) is 18.3 Å². The van der Waals surface area contributed by atoms with Gasteiger partial charge in [0, 0.05) is 6.42 Å². The number of carboxylic acids is 1. The normalized spacial score (nSPS) is 23.8. The molecule has 1 saturated heterocycles. The van der Waals surface area contributed by atoms with Gasteiger partial charge in [-0.3, -0.25) is 4.79 Å². The minimum absolute atomic E-state index is 0.0276. The summed E-state index contributed by atoms with van der Waals surface area (Å²) in [6, 6.07) is -0.921. The van der Waals surface area contributed by atoms with Gasteiger partial charge in [-0.1, -0.05) is 13.8 Å². The summed E-state index contributed by atoms with van der Waals surface area (Å²) in [4.78, 5) is 22.6. The molecular formula is C11H19NO5S. The number of rotatable bonds is 5.